The minimum atomic E-state index is -0.868. The topological polar surface area (TPSA) is 194 Å². The second-order valence-corrected chi connectivity index (χ2v) is 13.1. The first-order chi connectivity index (χ1) is 22.1. The number of fused-ring (bicyclic) bond motifs is 2. The molecule has 3 aliphatic rings. The first kappa shape index (κ1) is 33.0. The number of aryl methyl sites for hydroxylation is 1. The molecular formula is C33H40N8O4S. The van der Waals surface area contributed by atoms with Crippen LogP contribution in [0, 0.1) is 22.7 Å². The Hall–Kier alpha value is -4.41. The molecule has 1 aliphatic heterocycles. The van der Waals surface area contributed by atoms with Gasteiger partial charge >= 0.3 is 5.97 Å². The number of nitrogens with two attached hydrogens (primary N) is 2. The van der Waals surface area contributed by atoms with Crippen LogP contribution >= 0.6 is 11.3 Å². The zero-order valence-corrected chi connectivity index (χ0v) is 27.1. The van der Waals surface area contributed by atoms with Gasteiger partial charge in [-0.15, -0.1) is 11.3 Å². The van der Waals surface area contributed by atoms with E-state index in [1.807, 2.05) is 7.05 Å². The number of likely N-dealkylation sites (tertiary alicyclic amines) is 1. The van der Waals surface area contributed by atoms with Crippen LogP contribution in [0.4, 0.5) is 10.8 Å². The summed E-state index contributed by atoms with van der Waals surface area (Å²) < 4.78 is 11.2. The molecule has 1 saturated heterocycles. The average molecular weight is 645 g/mol. The van der Waals surface area contributed by atoms with Crippen molar-refractivity contribution in [2.75, 3.05) is 25.9 Å². The van der Waals surface area contributed by atoms with Gasteiger partial charge in [-0.25, -0.2) is 14.8 Å². The second-order valence-electron chi connectivity index (χ2n) is 11.9. The summed E-state index contributed by atoms with van der Waals surface area (Å²) in [6, 6.07) is 3.88. The minimum Gasteiger partial charge on any atom is -0.468 e. The van der Waals surface area contributed by atoms with Crippen LogP contribution in [0.15, 0.2) is 35.5 Å². The maximum Gasteiger partial charge on any atom is 0.354 e. The number of thiophene rings is 1. The molecule has 5 rings (SSSR count). The van der Waals surface area contributed by atoms with Gasteiger partial charge in [0.25, 0.3) is 0 Å². The van der Waals surface area contributed by atoms with Crippen LogP contribution in [0.25, 0.3) is 0 Å². The van der Waals surface area contributed by atoms with Gasteiger partial charge in [0.1, 0.15) is 22.9 Å². The van der Waals surface area contributed by atoms with E-state index in [1.54, 1.807) is 13.0 Å². The summed E-state index contributed by atoms with van der Waals surface area (Å²) >= 11 is 1.39. The largest absolute Gasteiger partial charge is 0.468 e. The van der Waals surface area contributed by atoms with E-state index in [4.69, 9.17) is 20.9 Å². The number of esters is 1. The van der Waals surface area contributed by atoms with Crippen molar-refractivity contribution in [2.24, 2.45) is 16.6 Å². The van der Waals surface area contributed by atoms with E-state index >= 15 is 0 Å². The maximum atomic E-state index is 14.4. The molecule has 1 saturated carbocycles. The van der Waals surface area contributed by atoms with Gasteiger partial charge in [-0.3, -0.25) is 9.69 Å². The Kier molecular flexibility index (Phi) is 9.98. The predicted octanol–water partition coefficient (Wildman–Crippen LogP) is 4.14. The lowest BCUT2D eigenvalue weighted by Crippen LogP contribution is -2.48. The third-order valence-corrected chi connectivity index (χ3v) is 10.3. The number of aliphatic imine (C=N–C) groups is 1. The highest BCUT2D eigenvalue weighted by Gasteiger charge is 2.51. The van der Waals surface area contributed by atoms with Crippen LogP contribution in [-0.2, 0) is 26.2 Å². The smallest absolute Gasteiger partial charge is 0.354 e. The molecule has 12 nitrogen and oxygen atoms in total. The van der Waals surface area contributed by atoms with Crippen molar-refractivity contribution >= 4 is 45.8 Å². The molecule has 5 N–H and O–H groups in total. The minimum absolute atomic E-state index is 0.0198. The Balaban J connectivity index is 1.50. The third kappa shape index (κ3) is 6.32. The Morgan fingerprint density at radius 3 is 2.83 bits per heavy atom. The molecule has 0 radical (unpaired) electrons. The van der Waals surface area contributed by atoms with Crippen LogP contribution in [0.2, 0.25) is 0 Å². The molecule has 2 aromatic rings. The number of nitriles is 1. The molecule has 46 heavy (non-hydrogen) atoms. The molecule has 1 unspecified atom stereocenters. The first-order valence-corrected chi connectivity index (χ1v) is 16.5. The summed E-state index contributed by atoms with van der Waals surface area (Å²) in [5.74, 6) is -1.18. The summed E-state index contributed by atoms with van der Waals surface area (Å²) in [6.45, 7) is 6.78. The Morgan fingerprint density at radius 2 is 2.13 bits per heavy atom. The number of carbonyl (C=O) groups excluding carboxylic acids is 2. The number of Topliss-reactive ketones (excluding diaryl/α,β-unsaturated/α-hetero) is 1. The second kappa shape index (κ2) is 13.9. The van der Waals surface area contributed by atoms with E-state index in [0.717, 1.165) is 42.7 Å². The number of nitrogens with one attached hydrogen (secondary N) is 1. The highest BCUT2D eigenvalue weighted by Crippen LogP contribution is 2.52. The van der Waals surface area contributed by atoms with E-state index < -0.39 is 17.3 Å². The normalized spacial score (nSPS) is 24.0. The molecule has 4 atom stereocenters. The fraction of sp³-hybridized carbons (Fsp3) is 0.485. The fourth-order valence-corrected chi connectivity index (χ4v) is 8.16. The highest BCUT2D eigenvalue weighted by molar-refractivity contribution is 7.16. The number of likely N-dealkylation sites (N-methyl/N-ethyl adjacent to an activating group) is 1. The zero-order valence-electron chi connectivity index (χ0n) is 26.3. The number of allylic oxidation sites excluding steroid dienone is 1. The SMILES string of the molecule is C=C[C@H](Oc1cc(/N=C/C=C(\N)C(=O)OCC)nc(C(=N)C2CCC[C@@]3(CCCc4sc(N)c(C#N)c43)C2=O)n1)[C@@H]1CCCN1C. The molecular weight excluding hydrogens is 604 g/mol. The van der Waals surface area contributed by atoms with Crippen LogP contribution < -0.4 is 16.2 Å². The lowest BCUT2D eigenvalue weighted by molar-refractivity contribution is -0.138. The van der Waals surface area contributed by atoms with Crippen LogP contribution in [0.5, 0.6) is 5.88 Å². The van der Waals surface area contributed by atoms with Gasteiger partial charge in [-0.2, -0.15) is 10.2 Å². The third-order valence-electron chi connectivity index (χ3n) is 9.19. The summed E-state index contributed by atoms with van der Waals surface area (Å²) in [6.07, 6.45) is 9.91. The number of nitrogen functional groups attached to an aromatic ring is 1. The number of nitrogens with zero attached hydrogens (tertiary/aromatic N) is 5. The molecule has 0 aromatic carbocycles. The summed E-state index contributed by atoms with van der Waals surface area (Å²) in [4.78, 5) is 43.0. The van der Waals surface area contributed by atoms with Crippen LogP contribution in [0.1, 0.15) is 73.7 Å². The van der Waals surface area contributed by atoms with Crippen molar-refractivity contribution in [3.8, 4) is 11.9 Å². The molecule has 0 amide bonds. The van der Waals surface area contributed by atoms with Gasteiger partial charge in [-0.05, 0) is 83.2 Å². The number of hydrogen-bond donors (Lipinski definition) is 3. The lowest BCUT2D eigenvalue weighted by atomic mass is 9.59. The number of ether oxygens (including phenoxy) is 2. The Morgan fingerprint density at radius 1 is 1.35 bits per heavy atom. The van der Waals surface area contributed by atoms with Gasteiger partial charge in [0, 0.05) is 17.2 Å². The molecule has 0 bridgehead atoms. The number of anilines is 1. The van der Waals surface area contributed by atoms with Gasteiger partial charge in [0.15, 0.2) is 17.4 Å². The van der Waals surface area contributed by atoms with E-state index in [9.17, 15) is 20.3 Å². The monoisotopic (exact) mass is 644 g/mol. The molecule has 3 heterocycles. The number of carbonyl (C=O) groups is 2. The van der Waals surface area contributed by atoms with Gasteiger partial charge in [0.05, 0.1) is 35.3 Å². The number of ketones is 1. The molecule has 13 heteroatoms. The summed E-state index contributed by atoms with van der Waals surface area (Å²) in [7, 11) is 2.04. The average Bonchev–Trinajstić information content (AvgIpc) is 3.62. The highest BCUT2D eigenvalue weighted by atomic mass is 32.1. The molecule has 2 fully saturated rings. The maximum absolute atomic E-state index is 14.4. The van der Waals surface area contributed by atoms with Crippen molar-refractivity contribution in [3.05, 3.63) is 52.3 Å². The van der Waals surface area contributed by atoms with Crippen molar-refractivity contribution in [3.63, 3.8) is 0 Å². The number of aromatic nitrogens is 2. The standard InChI is InChI=1S/C33H40N8O4S/c1-4-23(22-10-8-16-41(22)3)45-26-17-25(38-15-12-21(35)32(43)44-5-2)39-31(40-26)28(36)19-9-6-13-33(29(19)42)14-7-11-24-27(33)20(18-34)30(37)46-24/h4,12,15,17,19,22-23,36H,1,5-11,13-14,16,35,37H2,2-3H3/b21-12-,36-28?,38-15+/t19?,22-,23-,33-/m0/s1. The van der Waals surface area contributed by atoms with Crippen molar-refractivity contribution in [1.82, 2.24) is 14.9 Å². The quantitative estimate of drug-likeness (QED) is 0.146. The van der Waals surface area contributed by atoms with E-state index in [2.05, 4.69) is 32.5 Å². The van der Waals surface area contributed by atoms with Crippen molar-refractivity contribution in [2.45, 2.75) is 75.9 Å². The van der Waals surface area contributed by atoms with E-state index in [-0.39, 0.29) is 53.5 Å². The Bertz CT molecular complexity index is 1640. The van der Waals surface area contributed by atoms with Crippen molar-refractivity contribution in [1.29, 1.82) is 10.7 Å². The van der Waals surface area contributed by atoms with Crippen LogP contribution in [-0.4, -0.2) is 70.9 Å². The summed E-state index contributed by atoms with van der Waals surface area (Å²) in [5.41, 5.74) is 12.2. The number of rotatable bonds is 10. The lowest BCUT2D eigenvalue weighted by Gasteiger charge is -2.42. The van der Waals surface area contributed by atoms with Gasteiger partial charge < -0.3 is 26.4 Å². The molecule has 242 valence electrons. The van der Waals surface area contributed by atoms with Crippen LogP contribution in [0.3, 0.4) is 0 Å². The first-order valence-electron chi connectivity index (χ1n) is 15.6. The number of hydrogen-bond acceptors (Lipinski definition) is 13. The summed E-state index contributed by atoms with van der Waals surface area (Å²) in [5, 5.41) is 19.6. The van der Waals surface area contributed by atoms with E-state index in [0.29, 0.717) is 36.2 Å². The molecule has 1 spiro atoms. The molecule has 2 aromatic heterocycles. The van der Waals surface area contributed by atoms with Gasteiger partial charge in [0.2, 0.25) is 5.88 Å². The molecule has 2 aliphatic carbocycles. The van der Waals surface area contributed by atoms with Gasteiger partial charge in [-0.1, -0.05) is 13.0 Å². The predicted molar refractivity (Wildman–Crippen MR) is 177 cm³/mol. The zero-order chi connectivity index (χ0) is 33.0. The van der Waals surface area contributed by atoms with E-state index in [1.165, 1.54) is 29.7 Å². The van der Waals surface area contributed by atoms with Crippen molar-refractivity contribution < 1.29 is 19.1 Å². The fourth-order valence-electron chi connectivity index (χ4n) is 7.00. The Labute approximate surface area is 272 Å².